The van der Waals surface area contributed by atoms with Crippen LogP contribution in [-0.4, -0.2) is 52.2 Å². The SMILES string of the molecule is COC(=O)c1coc(-c2nc3oc2[C@@]24c5cc(F)ccc5N[C@@H]2Oc2ccc(cc24)C[C@H](CC(=O)[C@@H](O)C(C)C)C(=O)N[C@H]3C(C)C)n1. The summed E-state index contributed by atoms with van der Waals surface area (Å²) >= 11 is 0. The van der Waals surface area contributed by atoms with Crippen molar-refractivity contribution in [1.29, 1.82) is 0 Å². The molecule has 12 nitrogen and oxygen atoms in total. The molecule has 5 heterocycles. The second-order valence-corrected chi connectivity index (χ2v) is 13.2. The quantitative estimate of drug-likeness (QED) is 0.236. The van der Waals surface area contributed by atoms with E-state index >= 15 is 4.39 Å². The third-order valence-corrected chi connectivity index (χ3v) is 9.40. The first-order chi connectivity index (χ1) is 22.9. The molecule has 2 aromatic heterocycles. The monoisotopic (exact) mass is 658 g/mol. The molecule has 4 aromatic rings. The molecule has 0 fully saturated rings. The molecule has 0 radical (unpaired) electrons. The van der Waals surface area contributed by atoms with Gasteiger partial charge >= 0.3 is 5.97 Å². The minimum Gasteiger partial charge on any atom is -0.469 e. The molecule has 0 unspecified atom stereocenters. The average molecular weight is 659 g/mol. The Kier molecular flexibility index (Phi) is 7.61. The van der Waals surface area contributed by atoms with Crippen LogP contribution in [0, 0.1) is 23.6 Å². The van der Waals surface area contributed by atoms with Gasteiger partial charge < -0.3 is 34.0 Å². The second kappa shape index (κ2) is 11.6. The highest BCUT2D eigenvalue weighted by Gasteiger charge is 2.61. The van der Waals surface area contributed by atoms with Crippen molar-refractivity contribution in [3.05, 3.63) is 82.5 Å². The maximum Gasteiger partial charge on any atom is 0.360 e. The number of hydrogen-bond donors (Lipinski definition) is 3. The fourth-order valence-electron chi connectivity index (χ4n) is 6.89. The van der Waals surface area contributed by atoms with Gasteiger partial charge in [-0.1, -0.05) is 39.8 Å². The number of benzene rings is 2. The van der Waals surface area contributed by atoms with Gasteiger partial charge in [-0.05, 0) is 48.1 Å². The number of carbonyl (C=O) groups excluding carboxylic acids is 3. The van der Waals surface area contributed by atoms with Gasteiger partial charge in [0.1, 0.15) is 35.4 Å². The molecule has 1 spiro atoms. The number of halogens is 1. The number of nitrogens with one attached hydrogen (secondary N) is 2. The van der Waals surface area contributed by atoms with Gasteiger partial charge in [0, 0.05) is 29.2 Å². The molecule has 3 N–H and O–H groups in total. The van der Waals surface area contributed by atoms with E-state index in [-0.39, 0.29) is 53.6 Å². The van der Waals surface area contributed by atoms with Gasteiger partial charge in [-0.25, -0.2) is 19.2 Å². The number of carbonyl (C=O) groups is 3. The molecule has 0 aliphatic carbocycles. The van der Waals surface area contributed by atoms with E-state index in [1.165, 1.54) is 19.2 Å². The van der Waals surface area contributed by atoms with Crippen LogP contribution < -0.4 is 15.4 Å². The number of ketones is 1. The lowest BCUT2D eigenvalue weighted by molar-refractivity contribution is -0.135. The van der Waals surface area contributed by atoms with E-state index in [2.05, 4.69) is 15.6 Å². The highest BCUT2D eigenvalue weighted by Crippen LogP contribution is 2.59. The summed E-state index contributed by atoms with van der Waals surface area (Å²) in [7, 11) is 1.22. The lowest BCUT2D eigenvalue weighted by atomic mass is 9.72. The Labute approximate surface area is 275 Å². The number of aliphatic hydroxyl groups excluding tert-OH is 1. The van der Waals surface area contributed by atoms with E-state index in [0.717, 1.165) is 6.26 Å². The first-order valence-corrected chi connectivity index (χ1v) is 15.9. The number of hydrogen-bond acceptors (Lipinski definition) is 11. The van der Waals surface area contributed by atoms with Gasteiger partial charge in [-0.3, -0.25) is 9.59 Å². The van der Waals surface area contributed by atoms with Crippen LogP contribution in [0.5, 0.6) is 5.75 Å². The van der Waals surface area contributed by atoms with Crippen molar-refractivity contribution in [3.63, 3.8) is 0 Å². The van der Waals surface area contributed by atoms with Gasteiger partial charge in [-0.2, -0.15) is 0 Å². The van der Waals surface area contributed by atoms with E-state index < -0.39 is 53.2 Å². The summed E-state index contributed by atoms with van der Waals surface area (Å²) in [5.74, 6) is -2.72. The molecule has 7 rings (SSSR count). The molecule has 1 amide bonds. The van der Waals surface area contributed by atoms with Crippen LogP contribution in [0.3, 0.4) is 0 Å². The van der Waals surface area contributed by atoms with E-state index in [9.17, 15) is 19.5 Å². The maximum atomic E-state index is 15.1. The molecular weight excluding hydrogens is 623 g/mol. The number of rotatable bonds is 7. The third kappa shape index (κ3) is 4.86. The van der Waals surface area contributed by atoms with Gasteiger partial charge in [0.15, 0.2) is 29.2 Å². The Morgan fingerprint density at radius 2 is 1.90 bits per heavy atom. The molecule has 0 saturated heterocycles. The summed E-state index contributed by atoms with van der Waals surface area (Å²) in [6.07, 6.45) is -0.910. The third-order valence-electron chi connectivity index (χ3n) is 9.40. The van der Waals surface area contributed by atoms with E-state index in [0.29, 0.717) is 28.1 Å². The number of nitrogens with zero attached hydrogens (tertiary/aromatic N) is 2. The summed E-state index contributed by atoms with van der Waals surface area (Å²) in [5, 5.41) is 17.0. The van der Waals surface area contributed by atoms with Crippen LogP contribution in [-0.2, 0) is 26.2 Å². The zero-order chi connectivity index (χ0) is 34.1. The fourth-order valence-corrected chi connectivity index (χ4v) is 6.89. The number of ether oxygens (including phenoxy) is 2. The van der Waals surface area contributed by atoms with Gasteiger partial charge in [0.25, 0.3) is 0 Å². The number of amides is 1. The lowest BCUT2D eigenvalue weighted by Gasteiger charge is -2.28. The summed E-state index contributed by atoms with van der Waals surface area (Å²) in [6.45, 7) is 7.24. The Hall–Kier alpha value is -5.04. The van der Waals surface area contributed by atoms with Crippen molar-refractivity contribution >= 4 is 23.3 Å². The number of anilines is 1. The van der Waals surface area contributed by atoms with E-state index in [1.807, 2.05) is 26.0 Å². The topological polar surface area (TPSA) is 166 Å². The highest BCUT2D eigenvalue weighted by molar-refractivity contribution is 5.90. The number of Topliss-reactive ketones (excluding diaryl/α,β-unsaturated/α-hetero) is 1. The summed E-state index contributed by atoms with van der Waals surface area (Å²) in [5.41, 5.74) is 1.14. The molecular formula is C35H35FN4O8. The zero-order valence-electron chi connectivity index (χ0n) is 27.0. The number of aliphatic hydroxyl groups is 1. The molecule has 0 saturated carbocycles. The number of fused-ring (bicyclic) bond motifs is 4. The largest absolute Gasteiger partial charge is 0.469 e. The molecule has 48 heavy (non-hydrogen) atoms. The van der Waals surface area contributed by atoms with Crippen molar-refractivity contribution < 1.29 is 42.2 Å². The lowest BCUT2D eigenvalue weighted by Crippen LogP contribution is -2.41. The van der Waals surface area contributed by atoms with Crippen molar-refractivity contribution in [1.82, 2.24) is 15.3 Å². The van der Waals surface area contributed by atoms with Crippen molar-refractivity contribution in [3.8, 4) is 17.3 Å². The number of aromatic nitrogens is 2. The minimum absolute atomic E-state index is 0.0576. The van der Waals surface area contributed by atoms with Crippen LogP contribution in [0.2, 0.25) is 0 Å². The fraction of sp³-hybridized carbons (Fsp3) is 0.400. The van der Waals surface area contributed by atoms with Crippen LogP contribution in [0.1, 0.15) is 79.0 Å². The van der Waals surface area contributed by atoms with Gasteiger partial charge in [0.05, 0.1) is 7.11 Å². The number of esters is 1. The minimum atomic E-state index is -1.33. The average Bonchev–Trinajstić information content (AvgIpc) is 3.83. The summed E-state index contributed by atoms with van der Waals surface area (Å²) in [4.78, 5) is 48.7. The van der Waals surface area contributed by atoms with E-state index in [1.54, 1.807) is 26.0 Å². The molecule has 3 aliphatic rings. The predicted molar refractivity (Wildman–Crippen MR) is 167 cm³/mol. The van der Waals surface area contributed by atoms with Crippen LogP contribution >= 0.6 is 0 Å². The standard InChI is InChI=1S/C35H35FN4O8/c1-15(2)26-32-40-27(31-37-23(14-46-31)33(44)45-5)29(48-32)35-20-13-19(36)7-8-22(20)38-34(35)47-25-9-6-17(11-21(25)35)10-18(30(43)39-26)12-24(41)28(42)16(3)4/h6-9,11,13-16,18,26,28,34,38,42H,10,12H2,1-5H3,(H,39,43)/t18-,26+,28+,34-,35+/m1/s1. The number of oxazole rings is 2. The number of methoxy groups -OCH3 is 1. The van der Waals surface area contributed by atoms with Crippen LogP contribution in [0.4, 0.5) is 10.1 Å². The normalized spacial score (nSPS) is 22.9. The van der Waals surface area contributed by atoms with Crippen molar-refractivity contribution in [2.45, 2.75) is 64.3 Å². The zero-order valence-corrected chi connectivity index (χ0v) is 27.0. The smallest absolute Gasteiger partial charge is 0.360 e. The summed E-state index contributed by atoms with van der Waals surface area (Å²) in [6, 6.07) is 9.04. The summed E-state index contributed by atoms with van der Waals surface area (Å²) < 4.78 is 38.9. The Balaban J connectivity index is 1.49. The molecule has 13 heteroatoms. The van der Waals surface area contributed by atoms with Crippen molar-refractivity contribution in [2.75, 3.05) is 12.4 Å². The van der Waals surface area contributed by atoms with E-state index in [4.69, 9.17) is 23.3 Å². The Bertz CT molecular complexity index is 1950. The van der Waals surface area contributed by atoms with Gasteiger partial charge in [-0.15, -0.1) is 0 Å². The van der Waals surface area contributed by atoms with Crippen molar-refractivity contribution in [2.24, 2.45) is 17.8 Å². The predicted octanol–water partition coefficient (Wildman–Crippen LogP) is 4.70. The van der Waals surface area contributed by atoms with Crippen LogP contribution in [0.15, 0.2) is 51.5 Å². The Morgan fingerprint density at radius 1 is 1.10 bits per heavy atom. The first-order valence-electron chi connectivity index (χ1n) is 15.9. The first kappa shape index (κ1) is 31.6. The molecule has 3 aliphatic heterocycles. The highest BCUT2D eigenvalue weighted by atomic mass is 19.1. The molecule has 250 valence electrons. The molecule has 2 aromatic carbocycles. The molecule has 5 atom stereocenters. The van der Waals surface area contributed by atoms with Crippen LogP contribution in [0.25, 0.3) is 11.6 Å². The van der Waals surface area contributed by atoms with Gasteiger partial charge in [0.2, 0.25) is 17.7 Å². The molecule has 4 bridgehead atoms. The maximum absolute atomic E-state index is 15.1. The second-order valence-electron chi connectivity index (χ2n) is 13.2. The Morgan fingerprint density at radius 3 is 2.62 bits per heavy atom.